The van der Waals surface area contributed by atoms with Crippen molar-refractivity contribution in [2.45, 2.75) is 32.1 Å². The van der Waals surface area contributed by atoms with E-state index >= 15 is 0 Å². The van der Waals surface area contributed by atoms with Crippen molar-refractivity contribution in [2.24, 2.45) is 5.41 Å². The highest BCUT2D eigenvalue weighted by atomic mass is 79.9. The van der Waals surface area contributed by atoms with Crippen molar-refractivity contribution < 1.29 is 8.42 Å². The number of pyridine rings is 1. The van der Waals surface area contributed by atoms with Crippen molar-refractivity contribution in [3.63, 3.8) is 0 Å². The van der Waals surface area contributed by atoms with Crippen molar-refractivity contribution in [1.82, 2.24) is 9.71 Å². The number of hydrogen-bond acceptors (Lipinski definition) is 3. The van der Waals surface area contributed by atoms with E-state index in [9.17, 15) is 13.2 Å². The first-order chi connectivity index (χ1) is 8.18. The minimum atomic E-state index is -3.78. The molecule has 1 aromatic heterocycles. The fraction of sp³-hybridized carbons (Fsp3) is 0.545. The van der Waals surface area contributed by atoms with Gasteiger partial charge in [-0.3, -0.25) is 4.79 Å². The lowest BCUT2D eigenvalue weighted by Crippen LogP contribution is -2.36. The molecule has 102 valence electrons. The van der Waals surface area contributed by atoms with Crippen LogP contribution < -0.4 is 10.3 Å². The van der Waals surface area contributed by atoms with E-state index in [2.05, 4.69) is 25.6 Å². The average molecular weight is 337 g/mol. The highest BCUT2D eigenvalue weighted by Crippen LogP contribution is 2.19. The summed E-state index contributed by atoms with van der Waals surface area (Å²) in [6.07, 6.45) is 2.24. The molecule has 0 saturated carbocycles. The molecule has 0 atom stereocenters. The van der Waals surface area contributed by atoms with Crippen LogP contribution in [-0.2, 0) is 10.0 Å². The zero-order valence-corrected chi connectivity index (χ0v) is 13.0. The summed E-state index contributed by atoms with van der Waals surface area (Å²) >= 11 is 3.13. The number of H-pyrrole nitrogens is 1. The predicted molar refractivity (Wildman–Crippen MR) is 74.0 cm³/mol. The topological polar surface area (TPSA) is 79.0 Å². The molecule has 0 spiro atoms. The van der Waals surface area contributed by atoms with Crippen molar-refractivity contribution in [3.05, 3.63) is 27.1 Å². The molecule has 0 aliphatic carbocycles. The maximum Gasteiger partial charge on any atom is 0.268 e. The number of halogens is 1. The van der Waals surface area contributed by atoms with Gasteiger partial charge in [-0.15, -0.1) is 0 Å². The smallest absolute Gasteiger partial charge is 0.268 e. The van der Waals surface area contributed by atoms with Crippen LogP contribution in [0.4, 0.5) is 0 Å². The third-order valence-electron chi connectivity index (χ3n) is 2.82. The molecular formula is C11H17BrN2O3S. The SMILES string of the molecule is CCC(C)(C)CNS(=O)(=O)c1cc(Br)c[nH]c1=O. The van der Waals surface area contributed by atoms with Crippen LogP contribution in [-0.4, -0.2) is 19.9 Å². The third kappa shape index (κ3) is 3.93. The second kappa shape index (κ2) is 5.54. The van der Waals surface area contributed by atoms with E-state index in [1.165, 1.54) is 12.3 Å². The van der Waals surface area contributed by atoms with Crippen LogP contribution >= 0.6 is 15.9 Å². The first-order valence-corrected chi connectivity index (χ1v) is 7.83. The summed E-state index contributed by atoms with van der Waals surface area (Å²) < 4.78 is 27.0. The maximum absolute atomic E-state index is 12.0. The van der Waals surface area contributed by atoms with Gasteiger partial charge in [0.05, 0.1) is 0 Å². The Morgan fingerprint density at radius 2 is 2.06 bits per heavy atom. The zero-order chi connectivity index (χ0) is 14.0. The van der Waals surface area contributed by atoms with Gasteiger partial charge in [0.25, 0.3) is 5.56 Å². The lowest BCUT2D eigenvalue weighted by Gasteiger charge is -2.22. The average Bonchev–Trinajstić information content (AvgIpc) is 2.30. The number of aromatic amines is 1. The standard InChI is InChI=1S/C11H17BrN2O3S/c1-4-11(2,3)7-14-18(16,17)9-5-8(12)6-13-10(9)15/h5-6,14H,4,7H2,1-3H3,(H,13,15). The van der Waals surface area contributed by atoms with Crippen molar-refractivity contribution in [1.29, 1.82) is 0 Å². The van der Waals surface area contributed by atoms with E-state index in [1.807, 2.05) is 20.8 Å². The van der Waals surface area contributed by atoms with Gasteiger partial charge in [0.1, 0.15) is 4.90 Å². The second-order valence-corrected chi connectivity index (χ2v) is 7.50. The predicted octanol–water partition coefficient (Wildman–Crippen LogP) is 1.85. The van der Waals surface area contributed by atoms with Gasteiger partial charge < -0.3 is 4.98 Å². The van der Waals surface area contributed by atoms with Crippen LogP contribution in [0.15, 0.2) is 26.4 Å². The number of sulfonamides is 1. The molecular weight excluding hydrogens is 320 g/mol. The Balaban J connectivity index is 3.01. The molecule has 0 unspecified atom stereocenters. The fourth-order valence-electron chi connectivity index (χ4n) is 1.13. The molecule has 0 radical (unpaired) electrons. The molecule has 5 nitrogen and oxygen atoms in total. The first-order valence-electron chi connectivity index (χ1n) is 5.56. The molecule has 0 aliphatic heterocycles. The number of hydrogen-bond donors (Lipinski definition) is 2. The van der Waals surface area contributed by atoms with E-state index in [0.717, 1.165) is 6.42 Å². The number of aromatic nitrogens is 1. The Bertz CT molecular complexity index is 578. The van der Waals surface area contributed by atoms with Crippen LogP contribution in [0, 0.1) is 5.41 Å². The van der Waals surface area contributed by atoms with Crippen molar-refractivity contribution in [3.8, 4) is 0 Å². The summed E-state index contributed by atoms with van der Waals surface area (Å²) in [6, 6.07) is 1.29. The number of nitrogens with one attached hydrogen (secondary N) is 2. The van der Waals surface area contributed by atoms with E-state index in [4.69, 9.17) is 0 Å². The maximum atomic E-state index is 12.0. The van der Waals surface area contributed by atoms with Crippen molar-refractivity contribution in [2.75, 3.05) is 6.54 Å². The minimum Gasteiger partial charge on any atom is -0.327 e. The van der Waals surface area contributed by atoms with Gasteiger partial charge in [0.2, 0.25) is 10.0 Å². The molecule has 0 amide bonds. The summed E-state index contributed by atoms with van der Waals surface area (Å²) in [5.41, 5.74) is -0.772. The monoisotopic (exact) mass is 336 g/mol. The second-order valence-electron chi connectivity index (χ2n) is 4.85. The Kier molecular flexibility index (Phi) is 4.74. The number of rotatable bonds is 5. The summed E-state index contributed by atoms with van der Waals surface area (Å²) in [4.78, 5) is 13.6. The van der Waals surface area contributed by atoms with Gasteiger partial charge >= 0.3 is 0 Å². The quantitative estimate of drug-likeness (QED) is 0.861. The van der Waals surface area contributed by atoms with Crippen molar-refractivity contribution >= 4 is 26.0 Å². The van der Waals surface area contributed by atoms with Crippen LogP contribution in [0.3, 0.4) is 0 Å². The first kappa shape index (κ1) is 15.4. The Morgan fingerprint density at radius 3 is 2.61 bits per heavy atom. The van der Waals surface area contributed by atoms with Crippen LogP contribution in [0.2, 0.25) is 0 Å². The molecule has 0 bridgehead atoms. The molecule has 7 heteroatoms. The Morgan fingerprint density at radius 1 is 1.44 bits per heavy atom. The van der Waals surface area contributed by atoms with Crippen LogP contribution in [0.25, 0.3) is 0 Å². The van der Waals surface area contributed by atoms with E-state index in [0.29, 0.717) is 4.47 Å². The highest BCUT2D eigenvalue weighted by molar-refractivity contribution is 9.10. The Hall–Kier alpha value is -0.660. The summed E-state index contributed by atoms with van der Waals surface area (Å²) in [6.45, 7) is 6.19. The normalized spacial score (nSPS) is 12.7. The van der Waals surface area contributed by atoms with Crippen LogP contribution in [0.5, 0.6) is 0 Å². The molecule has 18 heavy (non-hydrogen) atoms. The molecule has 0 fully saturated rings. The van der Waals surface area contributed by atoms with Gasteiger partial charge in [-0.1, -0.05) is 20.8 Å². The zero-order valence-electron chi connectivity index (χ0n) is 10.6. The van der Waals surface area contributed by atoms with E-state index < -0.39 is 15.6 Å². The molecule has 1 heterocycles. The summed E-state index contributed by atoms with van der Waals surface area (Å²) in [5, 5.41) is 0. The minimum absolute atomic E-state index is 0.147. The summed E-state index contributed by atoms with van der Waals surface area (Å²) in [5.74, 6) is 0. The third-order valence-corrected chi connectivity index (χ3v) is 4.69. The lowest BCUT2D eigenvalue weighted by atomic mass is 9.91. The fourth-order valence-corrected chi connectivity index (χ4v) is 2.95. The van der Waals surface area contributed by atoms with Gasteiger partial charge in [-0.05, 0) is 33.8 Å². The van der Waals surface area contributed by atoms with Gasteiger partial charge in [0, 0.05) is 17.2 Å². The largest absolute Gasteiger partial charge is 0.327 e. The van der Waals surface area contributed by atoms with Gasteiger partial charge in [-0.25, -0.2) is 13.1 Å². The molecule has 1 aromatic rings. The molecule has 0 aromatic carbocycles. The van der Waals surface area contributed by atoms with Crippen LogP contribution in [0.1, 0.15) is 27.2 Å². The van der Waals surface area contributed by atoms with Gasteiger partial charge in [0.15, 0.2) is 0 Å². The van der Waals surface area contributed by atoms with E-state index in [-0.39, 0.29) is 16.9 Å². The molecule has 0 saturated heterocycles. The summed E-state index contributed by atoms with van der Waals surface area (Å²) in [7, 11) is -3.78. The highest BCUT2D eigenvalue weighted by Gasteiger charge is 2.23. The van der Waals surface area contributed by atoms with E-state index in [1.54, 1.807) is 0 Å². The lowest BCUT2D eigenvalue weighted by molar-refractivity contribution is 0.350. The molecule has 0 aliphatic rings. The molecule has 1 rings (SSSR count). The Labute approximate surface area is 115 Å². The van der Waals surface area contributed by atoms with Gasteiger partial charge in [-0.2, -0.15) is 0 Å². The molecule has 2 N–H and O–H groups in total.